The lowest BCUT2D eigenvalue weighted by Gasteiger charge is -2.04. The average molecular weight is 241 g/mol. The van der Waals surface area contributed by atoms with Crippen LogP contribution in [0.2, 0.25) is 0 Å². The van der Waals surface area contributed by atoms with Gasteiger partial charge in [-0.15, -0.1) is 0 Å². The molecule has 0 aliphatic heterocycles. The predicted molar refractivity (Wildman–Crippen MR) is 70.9 cm³/mol. The number of hydrogen-bond acceptors (Lipinski definition) is 2. The molecule has 0 spiro atoms. The number of ketones is 1. The van der Waals surface area contributed by atoms with Crippen LogP contribution in [0.25, 0.3) is 0 Å². The van der Waals surface area contributed by atoms with Crippen LogP contribution >= 0.6 is 0 Å². The predicted octanol–water partition coefficient (Wildman–Crippen LogP) is 3.22. The molecule has 0 radical (unpaired) electrons. The summed E-state index contributed by atoms with van der Waals surface area (Å²) in [5.74, 6) is 0.428. The molecular weight excluding hydrogens is 214 g/mol. The molecule has 0 saturated heterocycles. The molecule has 3 heteroatoms. The van der Waals surface area contributed by atoms with E-state index < -0.39 is 0 Å². The third-order valence-corrected chi connectivity index (χ3v) is 2.79. The second kappa shape index (κ2) is 11.6. The van der Waals surface area contributed by atoms with Crippen LogP contribution in [-0.4, -0.2) is 18.2 Å². The molecule has 0 atom stereocenters. The Bertz CT molecular complexity index is 214. The average Bonchev–Trinajstić information content (AvgIpc) is 2.29. The summed E-state index contributed by atoms with van der Waals surface area (Å²) in [6.45, 7) is 4.55. The van der Waals surface area contributed by atoms with Gasteiger partial charge in [0.05, 0.1) is 0 Å². The minimum Gasteiger partial charge on any atom is -0.356 e. The van der Waals surface area contributed by atoms with E-state index in [1.807, 2.05) is 0 Å². The lowest BCUT2D eigenvalue weighted by molar-refractivity contribution is -0.121. The van der Waals surface area contributed by atoms with Crippen molar-refractivity contribution in [3.8, 4) is 0 Å². The maximum Gasteiger partial charge on any atom is 0.219 e. The molecule has 3 nitrogen and oxygen atoms in total. The fraction of sp³-hybridized carbons (Fsp3) is 0.857. The van der Waals surface area contributed by atoms with Crippen LogP contribution in [0.15, 0.2) is 0 Å². The number of amides is 1. The fourth-order valence-electron chi connectivity index (χ4n) is 1.70. The highest BCUT2D eigenvalue weighted by molar-refractivity contribution is 5.75. The number of rotatable bonds is 11. The van der Waals surface area contributed by atoms with E-state index in [9.17, 15) is 9.59 Å². The summed E-state index contributed by atoms with van der Waals surface area (Å²) in [7, 11) is 0. The highest BCUT2D eigenvalue weighted by Crippen LogP contribution is 2.02. The van der Waals surface area contributed by atoms with Crippen LogP contribution < -0.4 is 5.32 Å². The number of Topliss-reactive ketones (excluding diaryl/α,β-unsaturated/α-hetero) is 1. The van der Waals surface area contributed by atoms with Gasteiger partial charge in [0, 0.05) is 19.4 Å². The van der Waals surface area contributed by atoms with E-state index in [2.05, 4.69) is 12.2 Å². The van der Waals surface area contributed by atoms with Crippen molar-refractivity contribution < 1.29 is 9.59 Å². The van der Waals surface area contributed by atoms with E-state index in [0.29, 0.717) is 12.8 Å². The highest BCUT2D eigenvalue weighted by Gasteiger charge is 2.00. The second-order valence-electron chi connectivity index (χ2n) is 4.67. The van der Waals surface area contributed by atoms with Crippen molar-refractivity contribution in [2.45, 2.75) is 71.6 Å². The van der Waals surface area contributed by atoms with Gasteiger partial charge in [-0.05, 0) is 26.2 Å². The highest BCUT2D eigenvalue weighted by atomic mass is 16.1. The SMILES string of the molecule is CCCCCCC(=O)NCCCCCC(C)=O. The van der Waals surface area contributed by atoms with Gasteiger partial charge in [0.25, 0.3) is 0 Å². The van der Waals surface area contributed by atoms with Gasteiger partial charge >= 0.3 is 0 Å². The van der Waals surface area contributed by atoms with Gasteiger partial charge in [-0.3, -0.25) is 4.79 Å². The van der Waals surface area contributed by atoms with Crippen molar-refractivity contribution in [1.29, 1.82) is 0 Å². The molecule has 0 rings (SSSR count). The lowest BCUT2D eigenvalue weighted by Crippen LogP contribution is -2.23. The number of nitrogens with one attached hydrogen (secondary N) is 1. The van der Waals surface area contributed by atoms with Crippen molar-refractivity contribution in [3.05, 3.63) is 0 Å². The normalized spacial score (nSPS) is 10.2. The van der Waals surface area contributed by atoms with Gasteiger partial charge in [-0.2, -0.15) is 0 Å². The fourth-order valence-corrected chi connectivity index (χ4v) is 1.70. The zero-order valence-electron chi connectivity index (χ0n) is 11.4. The molecule has 0 heterocycles. The standard InChI is InChI=1S/C14H27NO2/c1-3-4-5-8-11-14(17)15-12-9-6-7-10-13(2)16/h3-12H2,1-2H3,(H,15,17). The first-order valence-corrected chi connectivity index (χ1v) is 6.93. The summed E-state index contributed by atoms with van der Waals surface area (Å²) in [5.41, 5.74) is 0. The summed E-state index contributed by atoms with van der Waals surface area (Å²) < 4.78 is 0. The summed E-state index contributed by atoms with van der Waals surface area (Å²) in [6, 6.07) is 0. The summed E-state index contributed by atoms with van der Waals surface area (Å²) in [4.78, 5) is 22.1. The topological polar surface area (TPSA) is 46.2 Å². The zero-order chi connectivity index (χ0) is 12.9. The Morgan fingerprint density at radius 2 is 1.53 bits per heavy atom. The van der Waals surface area contributed by atoms with Gasteiger partial charge in [-0.25, -0.2) is 0 Å². The number of unbranched alkanes of at least 4 members (excludes halogenated alkanes) is 5. The zero-order valence-corrected chi connectivity index (χ0v) is 11.4. The van der Waals surface area contributed by atoms with Gasteiger partial charge in [0.1, 0.15) is 5.78 Å². The van der Waals surface area contributed by atoms with Crippen LogP contribution in [-0.2, 0) is 9.59 Å². The summed E-state index contributed by atoms with van der Waals surface area (Å²) in [6.07, 6.45) is 8.87. The van der Waals surface area contributed by atoms with E-state index in [-0.39, 0.29) is 11.7 Å². The maximum absolute atomic E-state index is 11.4. The number of hydrogen-bond donors (Lipinski definition) is 1. The van der Waals surface area contributed by atoms with Crippen molar-refractivity contribution in [1.82, 2.24) is 5.32 Å². The van der Waals surface area contributed by atoms with E-state index in [1.54, 1.807) is 6.92 Å². The third-order valence-electron chi connectivity index (χ3n) is 2.79. The molecule has 0 saturated carbocycles. The Morgan fingerprint density at radius 3 is 2.18 bits per heavy atom. The van der Waals surface area contributed by atoms with Gasteiger partial charge < -0.3 is 10.1 Å². The largest absolute Gasteiger partial charge is 0.356 e. The minimum absolute atomic E-state index is 0.174. The van der Waals surface area contributed by atoms with Crippen molar-refractivity contribution in [2.24, 2.45) is 0 Å². The van der Waals surface area contributed by atoms with Crippen molar-refractivity contribution in [2.75, 3.05) is 6.54 Å². The van der Waals surface area contributed by atoms with Crippen LogP contribution in [0.3, 0.4) is 0 Å². The molecule has 0 fully saturated rings. The molecule has 0 bridgehead atoms. The molecular formula is C14H27NO2. The number of carbonyl (C=O) groups is 2. The van der Waals surface area contributed by atoms with E-state index in [0.717, 1.165) is 38.6 Å². The number of carbonyl (C=O) groups excluding carboxylic acids is 2. The summed E-state index contributed by atoms with van der Waals surface area (Å²) in [5, 5.41) is 2.92. The molecule has 0 aromatic heterocycles. The van der Waals surface area contributed by atoms with Crippen molar-refractivity contribution in [3.63, 3.8) is 0 Å². The molecule has 0 aromatic carbocycles. The van der Waals surface area contributed by atoms with Gasteiger partial charge in [0.15, 0.2) is 0 Å². The molecule has 0 aliphatic carbocycles. The molecule has 1 N–H and O–H groups in total. The smallest absolute Gasteiger partial charge is 0.219 e. The van der Waals surface area contributed by atoms with Gasteiger partial charge in [-0.1, -0.05) is 32.6 Å². The van der Waals surface area contributed by atoms with Crippen LogP contribution in [0, 0.1) is 0 Å². The van der Waals surface area contributed by atoms with E-state index >= 15 is 0 Å². The first-order chi connectivity index (χ1) is 8.16. The summed E-state index contributed by atoms with van der Waals surface area (Å²) >= 11 is 0. The van der Waals surface area contributed by atoms with Crippen LogP contribution in [0.1, 0.15) is 71.6 Å². The second-order valence-corrected chi connectivity index (χ2v) is 4.67. The molecule has 0 aliphatic rings. The molecule has 100 valence electrons. The van der Waals surface area contributed by atoms with Crippen LogP contribution in [0.4, 0.5) is 0 Å². The maximum atomic E-state index is 11.4. The Labute approximate surface area is 105 Å². The van der Waals surface area contributed by atoms with Crippen molar-refractivity contribution >= 4 is 11.7 Å². The van der Waals surface area contributed by atoms with Gasteiger partial charge in [0.2, 0.25) is 5.91 Å². The van der Waals surface area contributed by atoms with E-state index in [4.69, 9.17) is 0 Å². The molecule has 0 aromatic rings. The third kappa shape index (κ3) is 13.1. The Balaban J connectivity index is 3.19. The molecule has 1 amide bonds. The Morgan fingerprint density at radius 1 is 0.882 bits per heavy atom. The lowest BCUT2D eigenvalue weighted by atomic mass is 10.1. The quantitative estimate of drug-likeness (QED) is 0.564. The first-order valence-electron chi connectivity index (χ1n) is 6.93. The minimum atomic E-state index is 0.174. The van der Waals surface area contributed by atoms with Crippen LogP contribution in [0.5, 0.6) is 0 Å². The monoisotopic (exact) mass is 241 g/mol. The molecule has 17 heavy (non-hydrogen) atoms. The molecule has 0 unspecified atom stereocenters. The van der Waals surface area contributed by atoms with E-state index in [1.165, 1.54) is 12.8 Å². The Hall–Kier alpha value is -0.860. The first kappa shape index (κ1) is 16.1. The Kier molecular flexibility index (Phi) is 11.0.